The third-order valence-corrected chi connectivity index (χ3v) is 2.91. The summed E-state index contributed by atoms with van der Waals surface area (Å²) in [4.78, 5) is 16.0. The molecule has 6 nitrogen and oxygen atoms in total. The van der Waals surface area contributed by atoms with E-state index in [1.807, 2.05) is 6.07 Å². The van der Waals surface area contributed by atoms with Gasteiger partial charge in [0.2, 0.25) is 5.13 Å². The van der Waals surface area contributed by atoms with E-state index in [0.29, 0.717) is 28.7 Å². The number of nitrogens with zero attached hydrogens (tertiary/aromatic N) is 3. The average molecular weight is 274 g/mol. The van der Waals surface area contributed by atoms with Crippen molar-refractivity contribution in [2.75, 3.05) is 12.4 Å². The summed E-state index contributed by atoms with van der Waals surface area (Å²) in [7, 11) is 1.55. The van der Waals surface area contributed by atoms with Gasteiger partial charge in [-0.2, -0.15) is 9.64 Å². The first kappa shape index (κ1) is 13.1. The molecule has 19 heavy (non-hydrogen) atoms. The van der Waals surface area contributed by atoms with E-state index in [4.69, 9.17) is 10.00 Å². The zero-order chi connectivity index (χ0) is 13.7. The molecule has 1 aromatic heterocycles. The first-order valence-electron chi connectivity index (χ1n) is 5.36. The molecule has 0 aliphatic carbocycles. The van der Waals surface area contributed by atoms with Crippen LogP contribution in [-0.2, 0) is 11.3 Å². The minimum Gasteiger partial charge on any atom is -0.377 e. The Morgan fingerprint density at radius 3 is 2.84 bits per heavy atom. The van der Waals surface area contributed by atoms with E-state index in [1.165, 1.54) is 0 Å². The number of anilines is 1. The van der Waals surface area contributed by atoms with Crippen molar-refractivity contribution in [3.8, 4) is 6.07 Å². The molecule has 0 spiro atoms. The zero-order valence-corrected chi connectivity index (χ0v) is 10.9. The summed E-state index contributed by atoms with van der Waals surface area (Å²) in [5, 5.41) is 11.7. The van der Waals surface area contributed by atoms with Gasteiger partial charge in [0.1, 0.15) is 6.61 Å². The summed E-state index contributed by atoms with van der Waals surface area (Å²) in [6, 6.07) is 8.35. The Labute approximate surface area is 113 Å². The predicted molar refractivity (Wildman–Crippen MR) is 69.7 cm³/mol. The number of nitrogens with one attached hydrogen (secondary N) is 1. The molecule has 0 saturated carbocycles. The molecule has 1 amide bonds. The van der Waals surface area contributed by atoms with Crippen LogP contribution in [0.1, 0.15) is 21.7 Å². The second-order valence-corrected chi connectivity index (χ2v) is 4.34. The second-order valence-electron chi connectivity index (χ2n) is 3.59. The van der Waals surface area contributed by atoms with Gasteiger partial charge in [-0.3, -0.25) is 10.1 Å². The SMILES string of the molecule is COCc1nsc(NC(=O)c2ccc(C#N)cc2)n1. The van der Waals surface area contributed by atoms with Crippen molar-refractivity contribution in [2.24, 2.45) is 0 Å². The fraction of sp³-hybridized carbons (Fsp3) is 0.167. The van der Waals surface area contributed by atoms with Crippen molar-refractivity contribution in [1.82, 2.24) is 9.36 Å². The Kier molecular flexibility index (Phi) is 4.18. The van der Waals surface area contributed by atoms with E-state index in [9.17, 15) is 4.79 Å². The van der Waals surface area contributed by atoms with Crippen molar-refractivity contribution in [3.63, 3.8) is 0 Å². The molecular formula is C12H10N4O2S. The number of carbonyl (C=O) groups excluding carboxylic acids is 1. The lowest BCUT2D eigenvalue weighted by Crippen LogP contribution is -2.11. The number of aromatic nitrogens is 2. The molecule has 0 aliphatic rings. The van der Waals surface area contributed by atoms with Gasteiger partial charge in [-0.15, -0.1) is 0 Å². The van der Waals surface area contributed by atoms with Crippen LogP contribution in [0.2, 0.25) is 0 Å². The molecule has 2 aromatic rings. The highest BCUT2D eigenvalue weighted by molar-refractivity contribution is 7.09. The molecular weight excluding hydrogens is 264 g/mol. The number of rotatable bonds is 4. The van der Waals surface area contributed by atoms with Crippen LogP contribution in [0.3, 0.4) is 0 Å². The number of amides is 1. The van der Waals surface area contributed by atoms with Crippen LogP contribution in [0, 0.1) is 11.3 Å². The normalized spacial score (nSPS) is 9.89. The van der Waals surface area contributed by atoms with Gasteiger partial charge >= 0.3 is 0 Å². The molecule has 0 saturated heterocycles. The first-order valence-corrected chi connectivity index (χ1v) is 6.13. The fourth-order valence-electron chi connectivity index (χ4n) is 1.36. The lowest BCUT2D eigenvalue weighted by atomic mass is 10.1. The molecule has 0 radical (unpaired) electrons. The van der Waals surface area contributed by atoms with E-state index in [0.717, 1.165) is 11.5 Å². The largest absolute Gasteiger partial charge is 0.377 e. The fourth-order valence-corrected chi connectivity index (χ4v) is 1.93. The molecule has 2 rings (SSSR count). The van der Waals surface area contributed by atoms with Gasteiger partial charge in [-0.25, -0.2) is 4.98 Å². The molecule has 0 aliphatic heterocycles. The summed E-state index contributed by atoms with van der Waals surface area (Å²) >= 11 is 1.09. The first-order chi connectivity index (χ1) is 9.22. The maximum absolute atomic E-state index is 11.9. The Balaban J connectivity index is 2.05. The van der Waals surface area contributed by atoms with Gasteiger partial charge < -0.3 is 4.74 Å². The molecule has 1 heterocycles. The number of nitriles is 1. The molecule has 1 aromatic carbocycles. The quantitative estimate of drug-likeness (QED) is 0.918. The second kappa shape index (κ2) is 6.04. The van der Waals surface area contributed by atoms with E-state index in [2.05, 4.69) is 14.7 Å². The van der Waals surface area contributed by atoms with Gasteiger partial charge in [0.25, 0.3) is 5.91 Å². The van der Waals surface area contributed by atoms with E-state index >= 15 is 0 Å². The molecule has 0 bridgehead atoms. The number of hydrogen-bond acceptors (Lipinski definition) is 6. The van der Waals surface area contributed by atoms with Crippen LogP contribution in [-0.4, -0.2) is 22.4 Å². The van der Waals surface area contributed by atoms with Gasteiger partial charge in [-0.05, 0) is 24.3 Å². The van der Waals surface area contributed by atoms with Crippen LogP contribution in [0.4, 0.5) is 5.13 Å². The highest BCUT2D eigenvalue weighted by atomic mass is 32.1. The van der Waals surface area contributed by atoms with Crippen molar-refractivity contribution in [2.45, 2.75) is 6.61 Å². The molecule has 1 N–H and O–H groups in total. The molecule has 0 unspecified atom stereocenters. The van der Waals surface area contributed by atoms with Crippen molar-refractivity contribution >= 4 is 22.6 Å². The summed E-state index contributed by atoms with van der Waals surface area (Å²) in [5.74, 6) is 0.243. The summed E-state index contributed by atoms with van der Waals surface area (Å²) < 4.78 is 8.92. The standard InChI is InChI=1S/C12H10N4O2S/c1-18-7-10-14-12(19-16-10)15-11(17)9-4-2-8(6-13)3-5-9/h2-5H,7H2,1H3,(H,14,15,16,17). The van der Waals surface area contributed by atoms with Gasteiger partial charge in [0.15, 0.2) is 5.82 Å². The average Bonchev–Trinajstić information content (AvgIpc) is 2.86. The highest BCUT2D eigenvalue weighted by Crippen LogP contribution is 2.13. The smallest absolute Gasteiger partial charge is 0.257 e. The van der Waals surface area contributed by atoms with Crippen LogP contribution in [0.25, 0.3) is 0 Å². The number of benzene rings is 1. The summed E-state index contributed by atoms with van der Waals surface area (Å²) in [6.07, 6.45) is 0. The lowest BCUT2D eigenvalue weighted by molar-refractivity contribution is 0.102. The Morgan fingerprint density at radius 1 is 1.47 bits per heavy atom. The van der Waals surface area contributed by atoms with Gasteiger partial charge in [-0.1, -0.05) is 0 Å². The number of carbonyl (C=O) groups is 1. The lowest BCUT2D eigenvalue weighted by Gasteiger charge is -2.00. The molecule has 7 heteroatoms. The van der Waals surface area contributed by atoms with Crippen LogP contribution in [0.15, 0.2) is 24.3 Å². The topological polar surface area (TPSA) is 87.9 Å². The highest BCUT2D eigenvalue weighted by Gasteiger charge is 2.09. The number of hydrogen-bond donors (Lipinski definition) is 1. The molecule has 0 fully saturated rings. The minimum atomic E-state index is -0.287. The number of methoxy groups -OCH3 is 1. The summed E-state index contributed by atoms with van der Waals surface area (Å²) in [5.41, 5.74) is 0.970. The third kappa shape index (κ3) is 3.34. The van der Waals surface area contributed by atoms with E-state index in [-0.39, 0.29) is 5.91 Å². The van der Waals surface area contributed by atoms with E-state index in [1.54, 1.807) is 31.4 Å². The summed E-state index contributed by atoms with van der Waals surface area (Å²) in [6.45, 7) is 0.309. The van der Waals surface area contributed by atoms with Crippen molar-refractivity contribution < 1.29 is 9.53 Å². The molecule has 0 atom stereocenters. The third-order valence-electron chi connectivity index (χ3n) is 2.24. The van der Waals surface area contributed by atoms with Gasteiger partial charge in [0.05, 0.1) is 11.6 Å². The van der Waals surface area contributed by atoms with Crippen LogP contribution in [0.5, 0.6) is 0 Å². The Bertz CT molecular complexity index is 615. The van der Waals surface area contributed by atoms with Gasteiger partial charge in [0, 0.05) is 24.2 Å². The van der Waals surface area contributed by atoms with Crippen LogP contribution >= 0.6 is 11.5 Å². The van der Waals surface area contributed by atoms with Crippen LogP contribution < -0.4 is 5.32 Å². The monoisotopic (exact) mass is 274 g/mol. The Morgan fingerprint density at radius 2 is 2.21 bits per heavy atom. The maximum atomic E-state index is 11.9. The predicted octanol–water partition coefficient (Wildman–Crippen LogP) is 1.81. The van der Waals surface area contributed by atoms with Crippen molar-refractivity contribution in [1.29, 1.82) is 5.26 Å². The zero-order valence-electron chi connectivity index (χ0n) is 10.1. The maximum Gasteiger partial charge on any atom is 0.257 e. The van der Waals surface area contributed by atoms with E-state index < -0.39 is 0 Å². The Hall–Kier alpha value is -2.30. The number of ether oxygens (including phenoxy) is 1. The molecule has 96 valence electrons. The van der Waals surface area contributed by atoms with Crippen molar-refractivity contribution in [3.05, 3.63) is 41.2 Å². The minimum absolute atomic E-state index is 0.287.